The average molecular weight is 277 g/mol. The van der Waals surface area contributed by atoms with Crippen molar-refractivity contribution in [2.24, 2.45) is 5.92 Å². The summed E-state index contributed by atoms with van der Waals surface area (Å²) in [4.78, 5) is 16.2. The quantitative estimate of drug-likeness (QED) is 0.826. The number of nitrogens with zero attached hydrogens (tertiary/aromatic N) is 1. The van der Waals surface area contributed by atoms with E-state index in [1.54, 1.807) is 0 Å². The summed E-state index contributed by atoms with van der Waals surface area (Å²) in [7, 11) is 1.39. The first-order valence-corrected chi connectivity index (χ1v) is 7.06. The standard InChI is InChI=1S/C15H23N3O2/c1-9-7-13(17-11(3)14(9)15(19)20-4)18-12-5-6-16-8-10(12)2/h7,10,12,16H,5-6,8H2,1-4H3,(H,17,18). The molecular formula is C15H23N3O2. The van der Waals surface area contributed by atoms with Gasteiger partial charge in [0, 0.05) is 6.04 Å². The smallest absolute Gasteiger partial charge is 0.339 e. The van der Waals surface area contributed by atoms with Crippen LogP contribution in [0.3, 0.4) is 0 Å². The molecule has 0 radical (unpaired) electrons. The van der Waals surface area contributed by atoms with Crippen molar-refractivity contribution < 1.29 is 9.53 Å². The summed E-state index contributed by atoms with van der Waals surface area (Å²) >= 11 is 0. The lowest BCUT2D eigenvalue weighted by atomic mass is 9.95. The highest BCUT2D eigenvalue weighted by molar-refractivity contribution is 5.92. The minimum Gasteiger partial charge on any atom is -0.465 e. The van der Waals surface area contributed by atoms with Crippen LogP contribution in [0.25, 0.3) is 0 Å². The second-order valence-corrected chi connectivity index (χ2v) is 5.50. The van der Waals surface area contributed by atoms with Crippen molar-refractivity contribution in [2.75, 3.05) is 25.5 Å². The Labute approximate surface area is 120 Å². The van der Waals surface area contributed by atoms with Gasteiger partial charge in [-0.1, -0.05) is 6.92 Å². The van der Waals surface area contributed by atoms with Crippen molar-refractivity contribution in [1.82, 2.24) is 10.3 Å². The predicted molar refractivity (Wildman–Crippen MR) is 79.1 cm³/mol. The van der Waals surface area contributed by atoms with Crippen LogP contribution in [0.15, 0.2) is 6.07 Å². The van der Waals surface area contributed by atoms with Gasteiger partial charge in [-0.3, -0.25) is 0 Å². The molecule has 0 amide bonds. The predicted octanol–water partition coefficient (Wildman–Crippen LogP) is 1.89. The molecular weight excluding hydrogens is 254 g/mol. The molecule has 110 valence electrons. The van der Waals surface area contributed by atoms with Crippen LogP contribution in [-0.4, -0.2) is 37.2 Å². The molecule has 1 aromatic heterocycles. The Balaban J connectivity index is 2.19. The maximum absolute atomic E-state index is 11.7. The minimum atomic E-state index is -0.325. The lowest BCUT2D eigenvalue weighted by Gasteiger charge is -2.30. The van der Waals surface area contributed by atoms with E-state index in [9.17, 15) is 4.79 Å². The Bertz CT molecular complexity index is 479. The van der Waals surface area contributed by atoms with Gasteiger partial charge in [-0.05, 0) is 50.9 Å². The molecule has 1 aliphatic rings. The van der Waals surface area contributed by atoms with Crippen molar-refractivity contribution in [3.05, 3.63) is 22.9 Å². The highest BCUT2D eigenvalue weighted by Gasteiger charge is 2.22. The highest BCUT2D eigenvalue weighted by atomic mass is 16.5. The molecule has 2 heterocycles. The Hall–Kier alpha value is -1.62. The van der Waals surface area contributed by atoms with Crippen LogP contribution < -0.4 is 10.6 Å². The Morgan fingerprint density at radius 3 is 2.85 bits per heavy atom. The first-order valence-electron chi connectivity index (χ1n) is 7.06. The Morgan fingerprint density at radius 1 is 1.50 bits per heavy atom. The van der Waals surface area contributed by atoms with Crippen molar-refractivity contribution >= 4 is 11.8 Å². The van der Waals surface area contributed by atoms with Gasteiger partial charge >= 0.3 is 5.97 Å². The molecule has 1 aromatic rings. The third-order valence-electron chi connectivity index (χ3n) is 3.91. The monoisotopic (exact) mass is 277 g/mol. The number of anilines is 1. The van der Waals surface area contributed by atoms with Crippen LogP contribution in [0.2, 0.25) is 0 Å². The van der Waals surface area contributed by atoms with Gasteiger partial charge in [0.15, 0.2) is 0 Å². The third-order valence-corrected chi connectivity index (χ3v) is 3.91. The normalized spacial score (nSPS) is 22.4. The van der Waals surface area contributed by atoms with Crippen LogP contribution in [-0.2, 0) is 4.74 Å². The number of aryl methyl sites for hydroxylation is 2. The van der Waals surface area contributed by atoms with Crippen molar-refractivity contribution in [3.8, 4) is 0 Å². The minimum absolute atomic E-state index is 0.325. The average Bonchev–Trinajstić information content (AvgIpc) is 2.40. The van der Waals surface area contributed by atoms with Crippen LogP contribution in [0.5, 0.6) is 0 Å². The molecule has 1 saturated heterocycles. The molecule has 0 aromatic carbocycles. The highest BCUT2D eigenvalue weighted by Crippen LogP contribution is 2.21. The third kappa shape index (κ3) is 3.10. The number of aromatic nitrogens is 1. The molecule has 2 rings (SSSR count). The first-order chi connectivity index (χ1) is 9.52. The van der Waals surface area contributed by atoms with Crippen molar-refractivity contribution in [1.29, 1.82) is 0 Å². The fourth-order valence-electron chi connectivity index (χ4n) is 2.73. The van der Waals surface area contributed by atoms with Gasteiger partial charge in [-0.15, -0.1) is 0 Å². The molecule has 0 aliphatic carbocycles. The zero-order chi connectivity index (χ0) is 14.7. The summed E-state index contributed by atoms with van der Waals surface area (Å²) in [5.74, 6) is 1.08. The number of hydrogen-bond donors (Lipinski definition) is 2. The van der Waals surface area contributed by atoms with E-state index in [1.807, 2.05) is 19.9 Å². The molecule has 2 N–H and O–H groups in total. The number of esters is 1. The van der Waals surface area contributed by atoms with Gasteiger partial charge in [0.25, 0.3) is 0 Å². The van der Waals surface area contributed by atoms with Crippen LogP contribution in [0.1, 0.15) is 35.0 Å². The fourth-order valence-corrected chi connectivity index (χ4v) is 2.73. The van der Waals surface area contributed by atoms with E-state index < -0.39 is 0 Å². The van der Waals surface area contributed by atoms with E-state index >= 15 is 0 Å². The number of hydrogen-bond acceptors (Lipinski definition) is 5. The number of pyridine rings is 1. The van der Waals surface area contributed by atoms with E-state index in [1.165, 1.54) is 7.11 Å². The van der Waals surface area contributed by atoms with E-state index in [-0.39, 0.29) is 5.97 Å². The molecule has 0 spiro atoms. The second-order valence-electron chi connectivity index (χ2n) is 5.50. The Morgan fingerprint density at radius 2 is 2.25 bits per heavy atom. The molecule has 1 aliphatic heterocycles. The summed E-state index contributed by atoms with van der Waals surface area (Å²) in [6.07, 6.45) is 1.08. The van der Waals surface area contributed by atoms with Crippen LogP contribution in [0, 0.1) is 19.8 Å². The number of piperidine rings is 1. The number of carbonyl (C=O) groups excluding carboxylic acids is 1. The van der Waals surface area contributed by atoms with Gasteiger partial charge in [0.1, 0.15) is 5.82 Å². The zero-order valence-corrected chi connectivity index (χ0v) is 12.6. The fraction of sp³-hybridized carbons (Fsp3) is 0.600. The van der Waals surface area contributed by atoms with Crippen LogP contribution in [0.4, 0.5) is 5.82 Å². The largest absolute Gasteiger partial charge is 0.465 e. The maximum atomic E-state index is 11.7. The van der Waals surface area contributed by atoms with Gasteiger partial charge in [0.05, 0.1) is 18.4 Å². The molecule has 5 heteroatoms. The van der Waals surface area contributed by atoms with Crippen molar-refractivity contribution in [3.63, 3.8) is 0 Å². The number of carbonyl (C=O) groups is 1. The summed E-state index contributed by atoms with van der Waals surface area (Å²) in [6.45, 7) is 8.04. The molecule has 1 fully saturated rings. The molecule has 2 unspecified atom stereocenters. The van der Waals surface area contributed by atoms with E-state index in [2.05, 4.69) is 22.5 Å². The lowest BCUT2D eigenvalue weighted by Crippen LogP contribution is -2.42. The summed E-state index contributed by atoms with van der Waals surface area (Å²) in [6, 6.07) is 2.35. The molecule has 0 saturated carbocycles. The second kappa shape index (κ2) is 6.22. The topological polar surface area (TPSA) is 63.2 Å². The molecule has 20 heavy (non-hydrogen) atoms. The molecule has 5 nitrogen and oxygen atoms in total. The number of methoxy groups -OCH3 is 1. The van der Waals surface area contributed by atoms with Crippen LogP contribution >= 0.6 is 0 Å². The zero-order valence-electron chi connectivity index (χ0n) is 12.6. The molecule has 0 bridgehead atoms. The van der Waals surface area contributed by atoms with Gasteiger partial charge in [-0.25, -0.2) is 9.78 Å². The number of ether oxygens (including phenoxy) is 1. The van der Waals surface area contributed by atoms with E-state index in [4.69, 9.17) is 4.74 Å². The SMILES string of the molecule is COC(=O)c1c(C)cc(NC2CCNCC2C)nc1C. The van der Waals surface area contributed by atoms with Gasteiger partial charge in [-0.2, -0.15) is 0 Å². The van der Waals surface area contributed by atoms with Crippen molar-refractivity contribution in [2.45, 2.75) is 33.2 Å². The number of nitrogens with one attached hydrogen (secondary N) is 2. The first kappa shape index (κ1) is 14.8. The summed E-state index contributed by atoms with van der Waals surface area (Å²) in [5.41, 5.74) is 2.17. The summed E-state index contributed by atoms with van der Waals surface area (Å²) in [5, 5.41) is 6.88. The van der Waals surface area contributed by atoms with E-state index in [0.29, 0.717) is 23.2 Å². The molecule has 2 atom stereocenters. The van der Waals surface area contributed by atoms with E-state index in [0.717, 1.165) is 30.9 Å². The van der Waals surface area contributed by atoms with Gasteiger partial charge in [0.2, 0.25) is 0 Å². The lowest BCUT2D eigenvalue weighted by molar-refractivity contribution is 0.0598. The summed E-state index contributed by atoms with van der Waals surface area (Å²) < 4.78 is 4.80. The number of rotatable bonds is 3. The Kier molecular flexibility index (Phi) is 4.60. The maximum Gasteiger partial charge on any atom is 0.339 e. The van der Waals surface area contributed by atoms with Gasteiger partial charge < -0.3 is 15.4 Å².